The maximum Gasteiger partial charge on any atom is 0.257 e. The first-order valence-electron chi connectivity index (χ1n) is 8.67. The number of benzene rings is 1. The Kier molecular flexibility index (Phi) is 4.72. The van der Waals surface area contributed by atoms with Crippen molar-refractivity contribution in [2.75, 3.05) is 27.5 Å². The van der Waals surface area contributed by atoms with Crippen LogP contribution in [0.3, 0.4) is 0 Å². The van der Waals surface area contributed by atoms with Crippen molar-refractivity contribution < 1.29 is 23.8 Å². The molecule has 2 aromatic rings. The minimum atomic E-state index is -0.305. The number of fused-ring (bicyclic) bond motifs is 2. The van der Waals surface area contributed by atoms with Crippen LogP contribution in [-0.4, -0.2) is 49.2 Å². The number of hydrogen-bond acceptors (Lipinski definition) is 6. The first kappa shape index (κ1) is 18.4. The zero-order valence-corrected chi connectivity index (χ0v) is 16.1. The number of hydrogen-bond donors (Lipinski definition) is 1. The van der Waals surface area contributed by atoms with E-state index in [4.69, 9.17) is 25.8 Å². The fourth-order valence-corrected chi connectivity index (χ4v) is 3.56. The molecule has 4 rings (SSSR count). The third-order valence-corrected chi connectivity index (χ3v) is 5.09. The minimum Gasteiger partial charge on any atom is -0.492 e. The van der Waals surface area contributed by atoms with Gasteiger partial charge in [0.05, 0.1) is 18.2 Å². The first-order valence-corrected chi connectivity index (χ1v) is 9.05. The van der Waals surface area contributed by atoms with Gasteiger partial charge in [0.1, 0.15) is 5.15 Å². The Hall–Kier alpha value is -3.00. The monoisotopic (exact) mass is 403 g/mol. The van der Waals surface area contributed by atoms with Gasteiger partial charge in [0, 0.05) is 31.9 Å². The van der Waals surface area contributed by atoms with E-state index in [0.717, 1.165) is 11.1 Å². The fourth-order valence-electron chi connectivity index (χ4n) is 3.45. The van der Waals surface area contributed by atoms with Crippen molar-refractivity contribution in [3.63, 3.8) is 0 Å². The summed E-state index contributed by atoms with van der Waals surface area (Å²) < 4.78 is 16.7. The van der Waals surface area contributed by atoms with E-state index in [1.807, 2.05) is 0 Å². The molecular formula is C19H18ClN3O5. The lowest BCUT2D eigenvalue weighted by molar-refractivity contribution is 0.0775. The molecule has 28 heavy (non-hydrogen) atoms. The van der Waals surface area contributed by atoms with Crippen LogP contribution in [0.4, 0.5) is 0 Å². The maximum atomic E-state index is 12.8. The van der Waals surface area contributed by atoms with Gasteiger partial charge >= 0.3 is 0 Å². The van der Waals surface area contributed by atoms with Gasteiger partial charge in [0.15, 0.2) is 11.5 Å². The predicted octanol–water partition coefficient (Wildman–Crippen LogP) is 2.03. The maximum absolute atomic E-state index is 12.8. The van der Waals surface area contributed by atoms with Crippen LogP contribution >= 0.6 is 11.6 Å². The van der Waals surface area contributed by atoms with Crippen LogP contribution in [0.2, 0.25) is 5.15 Å². The summed E-state index contributed by atoms with van der Waals surface area (Å²) in [7, 11) is 3.23. The van der Waals surface area contributed by atoms with E-state index < -0.39 is 0 Å². The second-order valence-corrected chi connectivity index (χ2v) is 6.85. The summed E-state index contributed by atoms with van der Waals surface area (Å²) in [5.74, 6) is 0.812. The van der Waals surface area contributed by atoms with Crippen molar-refractivity contribution in [2.24, 2.45) is 0 Å². The van der Waals surface area contributed by atoms with Gasteiger partial charge in [-0.1, -0.05) is 11.6 Å². The summed E-state index contributed by atoms with van der Waals surface area (Å²) in [5.41, 5.74) is 2.37. The van der Waals surface area contributed by atoms with Crippen molar-refractivity contribution in [1.82, 2.24) is 15.2 Å². The number of aromatic nitrogens is 1. The standard InChI is InChI=1S/C19H18ClN3O5/c1-23-6-5-11-12(8-22-18(24)10-3-4-13(20)21-7-10)15-17(28-9-27-15)16(26-2)14(11)19(23)25/h3-4,7H,5-6,8-9H2,1-2H3,(H,22,24). The summed E-state index contributed by atoms with van der Waals surface area (Å²) in [5, 5.41) is 3.17. The lowest BCUT2D eigenvalue weighted by Gasteiger charge is -2.29. The summed E-state index contributed by atoms with van der Waals surface area (Å²) in [6.07, 6.45) is 2.03. The SMILES string of the molecule is COc1c2c(c(CNC(=O)c3ccc(Cl)nc3)c3c1C(=O)N(C)CC3)OCO2. The normalized spacial score (nSPS) is 14.7. The Bertz CT molecular complexity index is 961. The van der Waals surface area contributed by atoms with Crippen molar-refractivity contribution >= 4 is 23.4 Å². The number of pyridine rings is 1. The Morgan fingerprint density at radius 2 is 2.14 bits per heavy atom. The van der Waals surface area contributed by atoms with Crippen molar-refractivity contribution in [2.45, 2.75) is 13.0 Å². The molecule has 0 aliphatic carbocycles. The van der Waals surface area contributed by atoms with Gasteiger partial charge in [-0.2, -0.15) is 0 Å². The van der Waals surface area contributed by atoms with Crippen LogP contribution in [0, 0.1) is 0 Å². The van der Waals surface area contributed by atoms with Crippen LogP contribution in [0.5, 0.6) is 17.2 Å². The molecule has 0 unspecified atom stereocenters. The average molecular weight is 404 g/mol. The fraction of sp³-hybridized carbons (Fsp3) is 0.316. The lowest BCUT2D eigenvalue weighted by atomic mass is 9.91. The molecule has 2 aliphatic heterocycles. The van der Waals surface area contributed by atoms with Gasteiger partial charge in [-0.05, 0) is 24.1 Å². The smallest absolute Gasteiger partial charge is 0.257 e. The second kappa shape index (κ2) is 7.20. The molecule has 9 heteroatoms. The highest BCUT2D eigenvalue weighted by Gasteiger charge is 2.36. The van der Waals surface area contributed by atoms with Gasteiger partial charge in [-0.25, -0.2) is 4.98 Å². The van der Waals surface area contributed by atoms with Crippen LogP contribution < -0.4 is 19.5 Å². The largest absolute Gasteiger partial charge is 0.492 e. The summed E-state index contributed by atoms with van der Waals surface area (Å²) in [6.45, 7) is 0.772. The Labute approximate surface area is 166 Å². The summed E-state index contributed by atoms with van der Waals surface area (Å²) >= 11 is 5.77. The van der Waals surface area contributed by atoms with Crippen LogP contribution in [-0.2, 0) is 13.0 Å². The number of carbonyl (C=O) groups is 2. The average Bonchev–Trinajstić information content (AvgIpc) is 3.18. The van der Waals surface area contributed by atoms with Gasteiger partial charge in [-0.15, -0.1) is 0 Å². The number of nitrogens with zero attached hydrogens (tertiary/aromatic N) is 2. The highest BCUT2D eigenvalue weighted by atomic mass is 35.5. The molecule has 0 atom stereocenters. The molecule has 2 amide bonds. The molecule has 0 spiro atoms. The van der Waals surface area contributed by atoms with Gasteiger partial charge < -0.3 is 24.4 Å². The molecule has 0 bridgehead atoms. The predicted molar refractivity (Wildman–Crippen MR) is 100 cm³/mol. The molecule has 8 nitrogen and oxygen atoms in total. The quantitative estimate of drug-likeness (QED) is 0.785. The number of halogens is 1. The van der Waals surface area contributed by atoms with Crippen molar-refractivity contribution in [3.8, 4) is 17.2 Å². The molecule has 0 fully saturated rings. The van der Waals surface area contributed by atoms with E-state index in [1.54, 1.807) is 24.1 Å². The van der Waals surface area contributed by atoms with E-state index in [2.05, 4.69) is 10.3 Å². The molecule has 3 heterocycles. The van der Waals surface area contributed by atoms with E-state index in [1.165, 1.54) is 13.3 Å². The molecule has 0 radical (unpaired) electrons. The summed E-state index contributed by atoms with van der Waals surface area (Å²) in [4.78, 5) is 30.8. The van der Waals surface area contributed by atoms with E-state index in [-0.39, 0.29) is 25.2 Å². The van der Waals surface area contributed by atoms with Crippen LogP contribution in [0.25, 0.3) is 0 Å². The van der Waals surface area contributed by atoms with Crippen LogP contribution in [0.15, 0.2) is 18.3 Å². The van der Waals surface area contributed by atoms with Gasteiger partial charge in [-0.3, -0.25) is 9.59 Å². The van der Waals surface area contributed by atoms with Crippen LogP contribution in [0.1, 0.15) is 31.8 Å². The van der Waals surface area contributed by atoms with E-state index in [0.29, 0.717) is 46.5 Å². The van der Waals surface area contributed by atoms with Gasteiger partial charge in [0.2, 0.25) is 12.5 Å². The van der Waals surface area contributed by atoms with E-state index in [9.17, 15) is 9.59 Å². The van der Waals surface area contributed by atoms with Gasteiger partial charge in [0.25, 0.3) is 11.8 Å². The first-order chi connectivity index (χ1) is 13.5. The van der Waals surface area contributed by atoms with Crippen molar-refractivity contribution in [3.05, 3.63) is 45.7 Å². The highest BCUT2D eigenvalue weighted by Crippen LogP contribution is 2.49. The molecule has 146 valence electrons. The number of rotatable bonds is 4. The zero-order valence-electron chi connectivity index (χ0n) is 15.4. The Balaban J connectivity index is 1.71. The highest BCUT2D eigenvalue weighted by molar-refractivity contribution is 6.29. The van der Waals surface area contributed by atoms with Crippen molar-refractivity contribution in [1.29, 1.82) is 0 Å². The molecule has 1 N–H and O–H groups in total. The number of methoxy groups -OCH3 is 1. The molecular weight excluding hydrogens is 386 g/mol. The third kappa shape index (κ3) is 2.99. The topological polar surface area (TPSA) is 90.0 Å². The third-order valence-electron chi connectivity index (χ3n) is 4.86. The molecule has 0 saturated heterocycles. The number of carbonyl (C=O) groups excluding carboxylic acids is 2. The lowest BCUT2D eigenvalue weighted by Crippen LogP contribution is -2.36. The zero-order chi connectivity index (χ0) is 19.8. The van der Waals surface area contributed by atoms with E-state index >= 15 is 0 Å². The molecule has 0 saturated carbocycles. The Morgan fingerprint density at radius 1 is 1.36 bits per heavy atom. The molecule has 1 aromatic heterocycles. The number of nitrogens with one attached hydrogen (secondary N) is 1. The number of amides is 2. The summed E-state index contributed by atoms with van der Waals surface area (Å²) in [6, 6.07) is 3.14. The Morgan fingerprint density at radius 3 is 2.86 bits per heavy atom. The number of ether oxygens (including phenoxy) is 3. The number of likely N-dealkylation sites (N-methyl/N-ethyl adjacent to an activating group) is 1. The second-order valence-electron chi connectivity index (χ2n) is 6.46. The minimum absolute atomic E-state index is 0.0284. The molecule has 1 aromatic carbocycles. The molecule has 2 aliphatic rings.